The maximum Gasteiger partial charge on any atom is 0.270 e. The number of amides is 2. The molecular formula is C20H17BrN2O4S. The third-order valence-corrected chi connectivity index (χ3v) is 5.02. The topological polar surface area (TPSA) is 67.9 Å². The predicted molar refractivity (Wildman–Crippen MR) is 115 cm³/mol. The summed E-state index contributed by atoms with van der Waals surface area (Å²) in [6.45, 7) is 1.86. The second kappa shape index (κ2) is 8.12. The van der Waals surface area contributed by atoms with Crippen LogP contribution in [0.2, 0.25) is 0 Å². The minimum absolute atomic E-state index is 0.0410. The first-order valence-electron chi connectivity index (χ1n) is 8.25. The Labute approximate surface area is 176 Å². The molecule has 0 spiro atoms. The van der Waals surface area contributed by atoms with Gasteiger partial charge in [0.2, 0.25) is 0 Å². The maximum absolute atomic E-state index is 13.1. The number of carbonyl (C=O) groups excluding carboxylic acids is 2. The average Bonchev–Trinajstić information content (AvgIpc) is 2.66. The van der Waals surface area contributed by atoms with Crippen molar-refractivity contribution in [2.45, 2.75) is 6.92 Å². The van der Waals surface area contributed by atoms with Crippen molar-refractivity contribution >= 4 is 56.8 Å². The van der Waals surface area contributed by atoms with Gasteiger partial charge < -0.3 is 9.47 Å². The first-order valence-corrected chi connectivity index (χ1v) is 9.45. The molecule has 0 aromatic heterocycles. The highest BCUT2D eigenvalue weighted by Gasteiger charge is 2.35. The largest absolute Gasteiger partial charge is 0.497 e. The summed E-state index contributed by atoms with van der Waals surface area (Å²) >= 11 is 8.65. The first-order chi connectivity index (χ1) is 13.3. The van der Waals surface area contributed by atoms with Gasteiger partial charge in [0.25, 0.3) is 11.8 Å². The van der Waals surface area contributed by atoms with E-state index in [2.05, 4.69) is 21.2 Å². The van der Waals surface area contributed by atoms with Crippen LogP contribution >= 0.6 is 28.1 Å². The Morgan fingerprint density at radius 2 is 1.86 bits per heavy atom. The molecule has 3 rings (SSSR count). The Bertz CT molecular complexity index is 1020. The van der Waals surface area contributed by atoms with Gasteiger partial charge in [-0.1, -0.05) is 15.9 Å². The van der Waals surface area contributed by atoms with Crippen molar-refractivity contribution in [3.8, 4) is 11.5 Å². The van der Waals surface area contributed by atoms with Gasteiger partial charge in [-0.25, -0.2) is 0 Å². The number of benzene rings is 2. The highest BCUT2D eigenvalue weighted by molar-refractivity contribution is 9.10. The minimum atomic E-state index is -0.557. The first kappa shape index (κ1) is 20.0. The van der Waals surface area contributed by atoms with E-state index >= 15 is 0 Å². The summed E-state index contributed by atoms with van der Waals surface area (Å²) in [5.74, 6) is 0.0228. The normalized spacial score (nSPS) is 15.6. The summed E-state index contributed by atoms with van der Waals surface area (Å²) < 4.78 is 11.4. The van der Waals surface area contributed by atoms with Gasteiger partial charge in [-0.3, -0.25) is 19.8 Å². The molecule has 144 valence electrons. The number of hydrogen-bond donors (Lipinski definition) is 1. The van der Waals surface area contributed by atoms with E-state index in [4.69, 9.17) is 21.7 Å². The van der Waals surface area contributed by atoms with Gasteiger partial charge in [-0.15, -0.1) is 0 Å². The van der Waals surface area contributed by atoms with Crippen molar-refractivity contribution in [1.82, 2.24) is 5.32 Å². The summed E-state index contributed by atoms with van der Waals surface area (Å²) in [4.78, 5) is 26.9. The minimum Gasteiger partial charge on any atom is -0.497 e. The van der Waals surface area contributed by atoms with E-state index in [-0.39, 0.29) is 10.7 Å². The van der Waals surface area contributed by atoms with Crippen molar-refractivity contribution in [2.24, 2.45) is 0 Å². The Balaban J connectivity index is 2.06. The van der Waals surface area contributed by atoms with Crippen LogP contribution in [0.25, 0.3) is 6.08 Å². The van der Waals surface area contributed by atoms with E-state index in [0.717, 1.165) is 10.0 Å². The summed E-state index contributed by atoms with van der Waals surface area (Å²) in [6, 6.07) is 10.6. The number of halogens is 1. The van der Waals surface area contributed by atoms with Crippen molar-refractivity contribution < 1.29 is 19.1 Å². The molecule has 0 aliphatic carbocycles. The van der Waals surface area contributed by atoms with Crippen LogP contribution in [0, 0.1) is 6.92 Å². The van der Waals surface area contributed by atoms with E-state index in [1.54, 1.807) is 31.4 Å². The van der Waals surface area contributed by atoms with E-state index in [0.29, 0.717) is 22.7 Å². The number of methoxy groups -OCH3 is 2. The van der Waals surface area contributed by atoms with Crippen LogP contribution in [0.1, 0.15) is 11.1 Å². The highest BCUT2D eigenvalue weighted by Crippen LogP contribution is 2.30. The molecule has 0 saturated carbocycles. The third kappa shape index (κ3) is 3.79. The lowest BCUT2D eigenvalue weighted by Gasteiger charge is -2.30. The summed E-state index contributed by atoms with van der Waals surface area (Å²) in [7, 11) is 3.05. The molecule has 0 unspecified atom stereocenters. The standard InChI is InChI=1S/C20H17BrN2O4S/c1-11-8-13(21)5-7-16(11)23-19(25)15(18(24)22-20(23)28)9-12-4-6-14(26-2)10-17(12)27-3/h4-10H,1-3H3,(H,22,24,28). The number of aryl methyl sites for hydroxylation is 1. The van der Waals surface area contributed by atoms with Gasteiger partial charge in [0.15, 0.2) is 5.11 Å². The molecule has 8 heteroatoms. The van der Waals surface area contributed by atoms with Gasteiger partial charge in [-0.05, 0) is 61.1 Å². The van der Waals surface area contributed by atoms with Crippen molar-refractivity contribution in [3.63, 3.8) is 0 Å². The van der Waals surface area contributed by atoms with E-state index < -0.39 is 11.8 Å². The Kier molecular flexibility index (Phi) is 5.81. The number of anilines is 1. The lowest BCUT2D eigenvalue weighted by atomic mass is 10.0. The fourth-order valence-electron chi connectivity index (χ4n) is 2.84. The molecule has 1 aliphatic heterocycles. The van der Waals surface area contributed by atoms with Crippen molar-refractivity contribution in [3.05, 3.63) is 57.6 Å². The van der Waals surface area contributed by atoms with Gasteiger partial charge >= 0.3 is 0 Å². The fourth-order valence-corrected chi connectivity index (χ4v) is 3.59. The molecule has 0 bridgehead atoms. The van der Waals surface area contributed by atoms with Crippen LogP contribution in [0.15, 0.2) is 46.4 Å². The molecule has 1 fully saturated rings. The summed E-state index contributed by atoms with van der Waals surface area (Å²) in [5.41, 5.74) is 1.97. The molecule has 1 N–H and O–H groups in total. The van der Waals surface area contributed by atoms with Crippen LogP contribution < -0.4 is 19.7 Å². The van der Waals surface area contributed by atoms with Crippen molar-refractivity contribution in [2.75, 3.05) is 19.1 Å². The monoisotopic (exact) mass is 460 g/mol. The second-order valence-electron chi connectivity index (χ2n) is 6.00. The SMILES string of the molecule is COc1ccc(C=C2C(=O)NC(=S)N(c3ccc(Br)cc3C)C2=O)c(OC)c1. The number of carbonyl (C=O) groups is 2. The van der Waals surface area contributed by atoms with Crippen LogP contribution in [0.4, 0.5) is 5.69 Å². The van der Waals surface area contributed by atoms with Crippen molar-refractivity contribution in [1.29, 1.82) is 0 Å². The summed E-state index contributed by atoms with van der Waals surface area (Å²) in [5, 5.41) is 2.62. The molecule has 2 aromatic rings. The van der Waals surface area contributed by atoms with Crippen LogP contribution in [-0.2, 0) is 9.59 Å². The zero-order chi connectivity index (χ0) is 20.4. The zero-order valence-corrected chi connectivity index (χ0v) is 17.8. The Morgan fingerprint density at radius 3 is 2.50 bits per heavy atom. The van der Waals surface area contributed by atoms with Crippen LogP contribution in [-0.4, -0.2) is 31.1 Å². The number of nitrogens with one attached hydrogen (secondary N) is 1. The van der Waals surface area contributed by atoms with Gasteiger partial charge in [0, 0.05) is 16.1 Å². The Morgan fingerprint density at radius 1 is 1.11 bits per heavy atom. The second-order valence-corrected chi connectivity index (χ2v) is 7.30. The van der Waals surface area contributed by atoms with Crippen LogP contribution in [0.3, 0.4) is 0 Å². The molecule has 1 aliphatic rings. The van der Waals surface area contributed by atoms with E-state index in [1.165, 1.54) is 18.1 Å². The zero-order valence-electron chi connectivity index (χ0n) is 15.4. The van der Waals surface area contributed by atoms with E-state index in [9.17, 15) is 9.59 Å². The number of nitrogens with zero attached hydrogens (tertiary/aromatic N) is 1. The quantitative estimate of drug-likeness (QED) is 0.428. The smallest absolute Gasteiger partial charge is 0.270 e. The fraction of sp³-hybridized carbons (Fsp3) is 0.150. The predicted octanol–water partition coefficient (Wildman–Crippen LogP) is 3.61. The number of hydrogen-bond acceptors (Lipinski definition) is 5. The van der Waals surface area contributed by atoms with Crippen LogP contribution in [0.5, 0.6) is 11.5 Å². The maximum atomic E-state index is 13.1. The number of thiocarbonyl (C=S) groups is 1. The molecule has 1 saturated heterocycles. The lowest BCUT2D eigenvalue weighted by molar-refractivity contribution is -0.122. The molecule has 0 atom stereocenters. The number of rotatable bonds is 4. The summed E-state index contributed by atoms with van der Waals surface area (Å²) in [6.07, 6.45) is 1.49. The van der Waals surface area contributed by atoms with Gasteiger partial charge in [0.1, 0.15) is 17.1 Å². The van der Waals surface area contributed by atoms with Gasteiger partial charge in [0.05, 0.1) is 19.9 Å². The molecule has 0 radical (unpaired) electrons. The molecule has 6 nitrogen and oxygen atoms in total. The third-order valence-electron chi connectivity index (χ3n) is 4.24. The molecule has 2 aromatic carbocycles. The van der Waals surface area contributed by atoms with Gasteiger partial charge in [-0.2, -0.15) is 0 Å². The highest BCUT2D eigenvalue weighted by atomic mass is 79.9. The Hall–Kier alpha value is -2.71. The number of ether oxygens (including phenoxy) is 2. The van der Waals surface area contributed by atoms with E-state index in [1.807, 2.05) is 19.1 Å². The molecule has 1 heterocycles. The average molecular weight is 461 g/mol. The molecule has 28 heavy (non-hydrogen) atoms. The lowest BCUT2D eigenvalue weighted by Crippen LogP contribution is -2.54. The molecular weight excluding hydrogens is 444 g/mol. The molecule has 2 amide bonds.